The maximum absolute atomic E-state index is 13.0. The number of hydrogen-bond acceptors (Lipinski definition) is 7. The number of nitrogens with one attached hydrogen (secondary N) is 2. The average molecular weight is 545 g/mol. The van der Waals surface area contributed by atoms with E-state index >= 15 is 0 Å². The van der Waals surface area contributed by atoms with Crippen LogP contribution in [0.3, 0.4) is 0 Å². The number of pyridine rings is 1. The molecule has 0 radical (unpaired) electrons. The minimum Gasteiger partial charge on any atom is -0.493 e. The first-order valence-corrected chi connectivity index (χ1v) is 12.2. The number of aromatic nitrogens is 2. The lowest BCUT2D eigenvalue weighted by molar-refractivity contribution is -0.137. The summed E-state index contributed by atoms with van der Waals surface area (Å²) < 4.78 is 50.2. The quantitative estimate of drug-likeness (QED) is 0.260. The van der Waals surface area contributed by atoms with Crippen molar-refractivity contribution in [3.05, 3.63) is 83.5 Å². The van der Waals surface area contributed by atoms with Gasteiger partial charge in [0.25, 0.3) is 5.91 Å². The van der Waals surface area contributed by atoms with Gasteiger partial charge in [-0.05, 0) is 44.0 Å². The minimum absolute atomic E-state index is 0.0384. The Morgan fingerprint density at radius 3 is 2.61 bits per heavy atom. The van der Waals surface area contributed by atoms with Crippen LogP contribution in [0, 0.1) is 5.92 Å². The summed E-state index contributed by atoms with van der Waals surface area (Å²) in [6, 6.07) is 7.35. The molecule has 0 bridgehead atoms. The number of methoxy groups -OCH3 is 1. The topological polar surface area (TPSA) is 102 Å². The molecule has 0 spiro atoms. The van der Waals surface area contributed by atoms with Crippen LogP contribution in [-0.2, 0) is 15.7 Å². The van der Waals surface area contributed by atoms with Gasteiger partial charge < -0.3 is 20.1 Å². The fourth-order valence-corrected chi connectivity index (χ4v) is 4.05. The third-order valence-electron chi connectivity index (χ3n) is 5.45. The molecule has 2 amide bonds. The second kappa shape index (κ2) is 11.1. The van der Waals surface area contributed by atoms with Gasteiger partial charge >= 0.3 is 6.18 Å². The second-order valence-corrected chi connectivity index (χ2v) is 9.25. The van der Waals surface area contributed by atoms with Gasteiger partial charge in [0.1, 0.15) is 10.3 Å². The van der Waals surface area contributed by atoms with Crippen molar-refractivity contribution in [2.24, 2.45) is 5.92 Å². The van der Waals surface area contributed by atoms with E-state index < -0.39 is 17.6 Å². The number of alkyl halides is 3. The Morgan fingerprint density at radius 1 is 1.18 bits per heavy atom. The van der Waals surface area contributed by atoms with E-state index in [9.17, 15) is 22.8 Å². The molecule has 38 heavy (non-hydrogen) atoms. The lowest BCUT2D eigenvalue weighted by Gasteiger charge is -2.13. The summed E-state index contributed by atoms with van der Waals surface area (Å²) in [6.45, 7) is 5.42. The molecule has 3 aromatic rings. The van der Waals surface area contributed by atoms with E-state index in [0.29, 0.717) is 15.5 Å². The Labute approximate surface area is 219 Å². The molecule has 198 valence electrons. The molecular formula is C26H23F3N4O4S. The third-order valence-corrected chi connectivity index (χ3v) is 6.33. The van der Waals surface area contributed by atoms with Crippen LogP contribution in [0.2, 0.25) is 0 Å². The number of amides is 2. The first kappa shape index (κ1) is 26.9. The van der Waals surface area contributed by atoms with Gasteiger partial charge in [0.15, 0.2) is 16.6 Å². The van der Waals surface area contributed by atoms with E-state index in [0.717, 1.165) is 31.0 Å². The Hall–Kier alpha value is -4.19. The molecule has 0 unspecified atom stereocenters. The molecule has 0 saturated heterocycles. The van der Waals surface area contributed by atoms with E-state index in [4.69, 9.17) is 9.47 Å². The van der Waals surface area contributed by atoms with Crippen molar-refractivity contribution >= 4 is 38.6 Å². The number of carbonyl (C=O) groups excluding carboxylic acids is 2. The van der Waals surface area contributed by atoms with Crippen LogP contribution < -0.4 is 15.4 Å². The number of ether oxygens (including phenoxy) is 2. The summed E-state index contributed by atoms with van der Waals surface area (Å²) in [6.07, 6.45) is 0.121. The van der Waals surface area contributed by atoms with E-state index in [-0.39, 0.29) is 40.5 Å². The fraction of sp³-hybridized carbons (Fsp3) is 0.231. The Morgan fingerprint density at radius 2 is 1.95 bits per heavy atom. The van der Waals surface area contributed by atoms with Crippen LogP contribution in [0.5, 0.6) is 5.88 Å². The van der Waals surface area contributed by atoms with Crippen molar-refractivity contribution < 1.29 is 32.2 Å². The molecule has 2 aromatic heterocycles. The summed E-state index contributed by atoms with van der Waals surface area (Å²) in [5.41, 5.74) is -0.293. The SMILES string of the molecule is C=C(OC)/C(=C\C(=C/C)NC(=O)c1cccc(C(F)(F)F)c1)Oc1ccc2nc(NC(=O)C3CC3)sc2n1. The molecule has 4 rings (SSSR count). The van der Waals surface area contributed by atoms with Crippen molar-refractivity contribution in [3.8, 4) is 5.88 Å². The van der Waals surface area contributed by atoms with Crippen LogP contribution in [0.25, 0.3) is 10.3 Å². The number of rotatable bonds is 9. The molecule has 0 atom stereocenters. The highest BCUT2D eigenvalue weighted by atomic mass is 32.1. The molecule has 1 fully saturated rings. The van der Waals surface area contributed by atoms with Crippen molar-refractivity contribution in [1.82, 2.24) is 15.3 Å². The van der Waals surface area contributed by atoms with Crippen LogP contribution in [-0.4, -0.2) is 28.9 Å². The van der Waals surface area contributed by atoms with E-state index in [1.54, 1.807) is 19.1 Å². The summed E-state index contributed by atoms with van der Waals surface area (Å²) >= 11 is 1.20. The Balaban J connectivity index is 1.52. The van der Waals surface area contributed by atoms with Crippen LogP contribution in [0.1, 0.15) is 35.7 Å². The van der Waals surface area contributed by atoms with Crippen LogP contribution >= 0.6 is 11.3 Å². The van der Waals surface area contributed by atoms with Crippen LogP contribution in [0.15, 0.2) is 72.3 Å². The number of fused-ring (bicyclic) bond motifs is 1. The summed E-state index contributed by atoms with van der Waals surface area (Å²) in [4.78, 5) is 34.0. The Kier molecular flexibility index (Phi) is 7.81. The molecule has 2 heterocycles. The Bertz CT molecular complexity index is 1460. The minimum atomic E-state index is -4.58. The van der Waals surface area contributed by atoms with Crippen LogP contribution in [0.4, 0.5) is 18.3 Å². The normalized spacial score (nSPS) is 14.2. The first-order valence-electron chi connectivity index (χ1n) is 11.4. The summed E-state index contributed by atoms with van der Waals surface area (Å²) in [7, 11) is 1.38. The molecule has 0 aliphatic heterocycles. The van der Waals surface area contributed by atoms with Gasteiger partial charge in [-0.15, -0.1) is 0 Å². The summed E-state index contributed by atoms with van der Waals surface area (Å²) in [5.74, 6) is -0.382. The van der Waals surface area contributed by atoms with Crippen molar-refractivity contribution in [1.29, 1.82) is 0 Å². The largest absolute Gasteiger partial charge is 0.493 e. The highest BCUT2D eigenvalue weighted by molar-refractivity contribution is 7.21. The fourth-order valence-electron chi connectivity index (χ4n) is 3.22. The smallest absolute Gasteiger partial charge is 0.416 e. The number of benzene rings is 1. The van der Waals surface area contributed by atoms with Gasteiger partial charge in [-0.25, -0.2) is 9.97 Å². The zero-order chi connectivity index (χ0) is 27.4. The predicted molar refractivity (Wildman–Crippen MR) is 136 cm³/mol. The molecule has 12 heteroatoms. The number of anilines is 1. The second-order valence-electron chi connectivity index (χ2n) is 8.27. The maximum atomic E-state index is 13.0. The molecular weight excluding hydrogens is 521 g/mol. The van der Waals surface area contributed by atoms with Gasteiger partial charge in [-0.3, -0.25) is 9.59 Å². The number of hydrogen-bond donors (Lipinski definition) is 2. The zero-order valence-corrected chi connectivity index (χ0v) is 21.2. The van der Waals surface area contributed by atoms with Crippen molar-refractivity contribution in [2.45, 2.75) is 25.9 Å². The first-order chi connectivity index (χ1) is 18.1. The van der Waals surface area contributed by atoms with Crippen molar-refractivity contribution in [2.75, 3.05) is 12.4 Å². The monoisotopic (exact) mass is 544 g/mol. The number of nitrogens with zero attached hydrogens (tertiary/aromatic N) is 2. The number of carbonyl (C=O) groups is 2. The lowest BCUT2D eigenvalue weighted by Crippen LogP contribution is -2.23. The summed E-state index contributed by atoms with van der Waals surface area (Å²) in [5, 5.41) is 5.78. The molecule has 1 aromatic carbocycles. The zero-order valence-electron chi connectivity index (χ0n) is 20.4. The lowest BCUT2D eigenvalue weighted by atomic mass is 10.1. The van der Waals surface area contributed by atoms with Gasteiger partial charge in [0, 0.05) is 29.3 Å². The molecule has 8 nitrogen and oxygen atoms in total. The number of halogens is 3. The third kappa shape index (κ3) is 6.57. The van der Waals surface area contributed by atoms with Crippen molar-refractivity contribution in [3.63, 3.8) is 0 Å². The standard InChI is InChI=1S/C26H23F3N4O4S/c1-4-18(30-23(35)16-6-5-7-17(12-16)26(27,28)29)13-20(14(2)36-3)37-21-11-10-19-24(32-21)38-25(31-19)33-22(34)15-8-9-15/h4-7,10-13,15H,2,8-9H2,1,3H3,(H,30,35)(H,31,33,34)/b18-4+,20-13+. The van der Waals surface area contributed by atoms with E-state index in [1.165, 1.54) is 36.7 Å². The van der Waals surface area contributed by atoms with Gasteiger partial charge in [-0.2, -0.15) is 13.2 Å². The van der Waals surface area contributed by atoms with Gasteiger partial charge in [0.05, 0.1) is 12.7 Å². The highest BCUT2D eigenvalue weighted by Gasteiger charge is 2.31. The number of thiazole rings is 1. The predicted octanol–water partition coefficient (Wildman–Crippen LogP) is 5.82. The van der Waals surface area contributed by atoms with Gasteiger partial charge in [-0.1, -0.05) is 30.1 Å². The molecule has 2 N–H and O–H groups in total. The molecule has 1 saturated carbocycles. The average Bonchev–Trinajstić information content (AvgIpc) is 3.67. The number of allylic oxidation sites excluding steroid dienone is 2. The van der Waals surface area contributed by atoms with Gasteiger partial charge in [0.2, 0.25) is 11.8 Å². The molecule has 1 aliphatic rings. The molecule has 1 aliphatic carbocycles. The van der Waals surface area contributed by atoms with E-state index in [1.807, 2.05) is 0 Å². The van der Waals surface area contributed by atoms with E-state index in [2.05, 4.69) is 27.2 Å². The highest BCUT2D eigenvalue weighted by Crippen LogP contribution is 2.33. The maximum Gasteiger partial charge on any atom is 0.416 e.